The Balaban J connectivity index is 2.62. The lowest BCUT2D eigenvalue weighted by Gasteiger charge is -2.16. The van der Waals surface area contributed by atoms with Crippen molar-refractivity contribution in [3.8, 4) is 0 Å². The molecule has 0 amide bonds. The Morgan fingerprint density at radius 3 is 2.14 bits per heavy atom. The minimum Gasteiger partial charge on any atom is -0.309 e. The van der Waals surface area contributed by atoms with E-state index in [1.54, 1.807) is 20.1 Å². The molecule has 0 spiro atoms. The Morgan fingerprint density at radius 2 is 1.86 bits per heavy atom. The minimum atomic E-state index is -2.98. The lowest BCUT2D eigenvalue weighted by Crippen LogP contribution is -2.06. The van der Waals surface area contributed by atoms with E-state index in [-0.39, 0.29) is 10.9 Å². The third kappa shape index (κ3) is 2.66. The zero-order valence-corrected chi connectivity index (χ0v) is 10.5. The quantitative estimate of drug-likeness (QED) is 0.664. The van der Waals surface area contributed by atoms with Gasteiger partial charge in [-0.05, 0) is 20.3 Å². The Hall–Kier alpha value is 0.300. The lowest BCUT2D eigenvalue weighted by atomic mass is 10.9. The minimum absolute atomic E-state index is 0.000988. The number of rotatable bonds is 6. The van der Waals surface area contributed by atoms with Crippen LogP contribution in [0.25, 0.3) is 0 Å². The van der Waals surface area contributed by atoms with Crippen LogP contribution < -0.4 is 0 Å². The van der Waals surface area contributed by atoms with Crippen LogP contribution in [0.2, 0.25) is 0 Å². The van der Waals surface area contributed by atoms with Crippen molar-refractivity contribution in [2.45, 2.75) is 31.2 Å². The van der Waals surface area contributed by atoms with Crippen LogP contribution in [-0.4, -0.2) is 34.6 Å². The zero-order chi connectivity index (χ0) is 10.8. The molecule has 14 heavy (non-hydrogen) atoms. The van der Waals surface area contributed by atoms with E-state index >= 15 is 0 Å². The van der Waals surface area contributed by atoms with Gasteiger partial charge in [-0.3, -0.25) is 8.77 Å². The van der Waals surface area contributed by atoms with E-state index in [0.29, 0.717) is 19.6 Å². The molecule has 1 aliphatic rings. The molecule has 4 nitrogen and oxygen atoms in total. The molecule has 0 aromatic rings. The van der Waals surface area contributed by atoms with E-state index in [9.17, 15) is 8.77 Å². The van der Waals surface area contributed by atoms with Gasteiger partial charge in [0.2, 0.25) is 0 Å². The molecule has 1 unspecified atom stereocenters. The second kappa shape index (κ2) is 4.88. The van der Waals surface area contributed by atoms with Crippen molar-refractivity contribution in [1.82, 2.24) is 0 Å². The van der Waals surface area contributed by atoms with Gasteiger partial charge < -0.3 is 9.05 Å². The second-order valence-corrected chi connectivity index (χ2v) is 7.08. The van der Waals surface area contributed by atoms with E-state index in [0.717, 1.165) is 0 Å². The monoisotopic (exact) mass is 240 g/mol. The topological polar surface area (TPSA) is 52.6 Å². The van der Waals surface area contributed by atoms with Gasteiger partial charge in [0.1, 0.15) is 0 Å². The van der Waals surface area contributed by atoms with E-state index < -0.39 is 18.4 Å². The standard InChI is InChI=1S/C8H17O4PS/c1-4-11-13(9,12-5-2)7-6-8(7)14(3)10/h7-8H,4-6H2,1-3H3/t7-,8-,14?/m0/s1. The molecule has 1 aliphatic carbocycles. The maximum absolute atomic E-state index is 12.1. The summed E-state index contributed by atoms with van der Waals surface area (Å²) in [5.41, 5.74) is -0.145. The first-order valence-corrected chi connectivity index (χ1v) is 7.99. The van der Waals surface area contributed by atoms with Crippen molar-refractivity contribution in [3.05, 3.63) is 0 Å². The van der Waals surface area contributed by atoms with E-state index in [4.69, 9.17) is 9.05 Å². The largest absolute Gasteiger partial charge is 0.334 e. The summed E-state index contributed by atoms with van der Waals surface area (Å²) in [5.74, 6) is 0. The Kier molecular flexibility index (Phi) is 4.31. The van der Waals surface area contributed by atoms with Crippen LogP contribution >= 0.6 is 7.60 Å². The Morgan fingerprint density at radius 1 is 1.36 bits per heavy atom. The summed E-state index contributed by atoms with van der Waals surface area (Å²) in [5, 5.41) is -0.000988. The highest BCUT2D eigenvalue weighted by molar-refractivity contribution is 7.86. The van der Waals surface area contributed by atoms with Gasteiger partial charge in [-0.15, -0.1) is 0 Å². The predicted molar refractivity (Wildman–Crippen MR) is 57.1 cm³/mol. The van der Waals surface area contributed by atoms with Crippen LogP contribution in [0.4, 0.5) is 0 Å². The first kappa shape index (κ1) is 12.4. The van der Waals surface area contributed by atoms with Crippen molar-refractivity contribution < 1.29 is 17.8 Å². The molecule has 0 aliphatic heterocycles. The van der Waals surface area contributed by atoms with Gasteiger partial charge in [0, 0.05) is 22.3 Å². The third-order valence-corrected chi connectivity index (χ3v) is 6.35. The van der Waals surface area contributed by atoms with Gasteiger partial charge >= 0.3 is 7.60 Å². The van der Waals surface area contributed by atoms with Gasteiger partial charge in [0.15, 0.2) is 0 Å². The summed E-state index contributed by atoms with van der Waals surface area (Å²) in [4.78, 5) is 0. The summed E-state index contributed by atoms with van der Waals surface area (Å²) in [6.45, 7) is 4.31. The van der Waals surface area contributed by atoms with Gasteiger partial charge in [-0.1, -0.05) is 0 Å². The summed E-state index contributed by atoms with van der Waals surface area (Å²) in [6, 6.07) is 0. The van der Waals surface area contributed by atoms with Gasteiger partial charge in [0.25, 0.3) is 0 Å². The molecule has 0 aromatic carbocycles. The lowest BCUT2D eigenvalue weighted by molar-refractivity contribution is 0.219. The molecule has 84 valence electrons. The van der Waals surface area contributed by atoms with Crippen LogP contribution in [0.5, 0.6) is 0 Å². The van der Waals surface area contributed by atoms with Crippen LogP contribution in [0.15, 0.2) is 0 Å². The van der Waals surface area contributed by atoms with E-state index in [1.165, 1.54) is 0 Å². The fourth-order valence-corrected chi connectivity index (χ4v) is 5.53. The average molecular weight is 240 g/mol. The van der Waals surface area contributed by atoms with Crippen LogP contribution in [-0.2, 0) is 24.4 Å². The summed E-state index contributed by atoms with van der Waals surface area (Å²) in [6.07, 6.45) is 2.33. The molecule has 3 atom stereocenters. The normalized spacial score (nSPS) is 28.8. The highest BCUT2D eigenvalue weighted by atomic mass is 32.2. The molecular formula is C8H17O4PS. The maximum atomic E-state index is 12.1. The molecule has 0 heterocycles. The van der Waals surface area contributed by atoms with Gasteiger partial charge in [-0.25, -0.2) is 0 Å². The van der Waals surface area contributed by atoms with Crippen molar-refractivity contribution in [1.29, 1.82) is 0 Å². The Labute approximate surface area is 87.4 Å². The fourth-order valence-electron chi connectivity index (χ4n) is 1.44. The fraction of sp³-hybridized carbons (Fsp3) is 1.00. The average Bonchev–Trinajstić information content (AvgIpc) is 2.83. The summed E-state index contributed by atoms with van der Waals surface area (Å²) in [7, 11) is -3.91. The zero-order valence-electron chi connectivity index (χ0n) is 8.76. The van der Waals surface area contributed by atoms with E-state index in [1.807, 2.05) is 0 Å². The summed E-state index contributed by atoms with van der Waals surface area (Å²) < 4.78 is 33.6. The number of hydrogen-bond donors (Lipinski definition) is 0. The molecule has 1 saturated carbocycles. The first-order valence-electron chi connectivity index (χ1n) is 4.76. The highest BCUT2D eigenvalue weighted by Crippen LogP contribution is 2.63. The molecule has 1 rings (SSSR count). The molecule has 6 heteroatoms. The molecule has 0 bridgehead atoms. The molecule has 0 N–H and O–H groups in total. The van der Waals surface area contributed by atoms with Crippen molar-refractivity contribution in [3.63, 3.8) is 0 Å². The summed E-state index contributed by atoms with van der Waals surface area (Å²) >= 11 is 0. The molecular weight excluding hydrogens is 223 g/mol. The Bertz CT molecular complexity index is 258. The first-order chi connectivity index (χ1) is 6.55. The molecule has 0 radical (unpaired) electrons. The van der Waals surface area contributed by atoms with Crippen molar-refractivity contribution in [2.75, 3.05) is 19.5 Å². The second-order valence-electron chi connectivity index (χ2n) is 3.22. The molecule has 0 aromatic heterocycles. The van der Waals surface area contributed by atoms with Crippen molar-refractivity contribution >= 4 is 18.4 Å². The van der Waals surface area contributed by atoms with Gasteiger partial charge in [0.05, 0.1) is 18.9 Å². The maximum Gasteiger partial charge on any atom is 0.334 e. The molecule has 1 fully saturated rings. The smallest absolute Gasteiger partial charge is 0.309 e. The van der Waals surface area contributed by atoms with Crippen LogP contribution in [0, 0.1) is 0 Å². The van der Waals surface area contributed by atoms with E-state index in [2.05, 4.69) is 0 Å². The van der Waals surface area contributed by atoms with Gasteiger partial charge in [-0.2, -0.15) is 0 Å². The number of hydrogen-bond acceptors (Lipinski definition) is 4. The van der Waals surface area contributed by atoms with Crippen molar-refractivity contribution in [2.24, 2.45) is 0 Å². The SMILES string of the molecule is CCOP(=O)(OCC)[C@H]1C[C@@H]1S(C)=O. The van der Waals surface area contributed by atoms with Crippen LogP contribution in [0.1, 0.15) is 20.3 Å². The predicted octanol–water partition coefficient (Wildman–Crippen LogP) is 1.77. The highest BCUT2D eigenvalue weighted by Gasteiger charge is 2.54. The third-order valence-electron chi connectivity index (χ3n) is 2.15. The van der Waals surface area contributed by atoms with Crippen LogP contribution in [0.3, 0.4) is 0 Å². The molecule has 0 saturated heterocycles.